The largest absolute Gasteiger partial charge is 0.383 e. The second kappa shape index (κ2) is 4.51. The summed E-state index contributed by atoms with van der Waals surface area (Å²) in [6.07, 6.45) is 0. The SMILES string of the molecule is Cc1ccc(-c2csc(-n3nc(C)cc3N)n2)cc1. The van der Waals surface area contributed by atoms with Gasteiger partial charge in [-0.1, -0.05) is 29.8 Å². The first-order valence-corrected chi connectivity index (χ1v) is 6.86. The highest BCUT2D eigenvalue weighted by atomic mass is 32.1. The summed E-state index contributed by atoms with van der Waals surface area (Å²) in [6.45, 7) is 3.99. The Balaban J connectivity index is 1.99. The van der Waals surface area contributed by atoms with Crippen molar-refractivity contribution < 1.29 is 0 Å². The van der Waals surface area contributed by atoms with Crippen molar-refractivity contribution in [2.24, 2.45) is 0 Å². The predicted molar refractivity (Wildman–Crippen MR) is 78.6 cm³/mol. The molecule has 0 spiro atoms. The van der Waals surface area contributed by atoms with Crippen LogP contribution in [0.3, 0.4) is 0 Å². The minimum absolute atomic E-state index is 0.613. The van der Waals surface area contributed by atoms with Gasteiger partial charge in [-0.3, -0.25) is 0 Å². The number of anilines is 1. The lowest BCUT2D eigenvalue weighted by atomic mass is 10.1. The summed E-state index contributed by atoms with van der Waals surface area (Å²) >= 11 is 1.54. The van der Waals surface area contributed by atoms with Crippen molar-refractivity contribution in [1.29, 1.82) is 0 Å². The maximum absolute atomic E-state index is 5.91. The normalized spacial score (nSPS) is 10.8. The molecule has 3 rings (SSSR count). The highest BCUT2D eigenvalue weighted by Gasteiger charge is 2.10. The van der Waals surface area contributed by atoms with E-state index in [2.05, 4.69) is 41.3 Å². The van der Waals surface area contributed by atoms with Gasteiger partial charge in [-0.05, 0) is 13.8 Å². The minimum Gasteiger partial charge on any atom is -0.383 e. The van der Waals surface area contributed by atoms with Crippen LogP contribution < -0.4 is 5.73 Å². The Labute approximate surface area is 115 Å². The zero-order valence-corrected chi connectivity index (χ0v) is 11.6. The van der Waals surface area contributed by atoms with Crippen LogP contribution in [-0.2, 0) is 0 Å². The molecule has 0 aliphatic carbocycles. The van der Waals surface area contributed by atoms with Gasteiger partial charge in [-0.15, -0.1) is 11.3 Å². The summed E-state index contributed by atoms with van der Waals surface area (Å²) in [7, 11) is 0. The van der Waals surface area contributed by atoms with Crippen molar-refractivity contribution in [2.45, 2.75) is 13.8 Å². The van der Waals surface area contributed by atoms with E-state index in [1.54, 1.807) is 4.68 Å². The zero-order valence-electron chi connectivity index (χ0n) is 10.8. The second-order valence-corrected chi connectivity index (χ2v) is 5.34. The van der Waals surface area contributed by atoms with Crippen molar-refractivity contribution in [1.82, 2.24) is 14.8 Å². The molecule has 4 nitrogen and oxygen atoms in total. The fourth-order valence-corrected chi connectivity index (χ4v) is 2.69. The maximum Gasteiger partial charge on any atom is 0.212 e. The summed E-state index contributed by atoms with van der Waals surface area (Å²) in [5.41, 5.74) is 10.1. The summed E-state index contributed by atoms with van der Waals surface area (Å²) in [5.74, 6) is 0.613. The highest BCUT2D eigenvalue weighted by Crippen LogP contribution is 2.25. The molecule has 0 amide bonds. The van der Waals surface area contributed by atoms with E-state index < -0.39 is 0 Å². The van der Waals surface area contributed by atoms with Crippen LogP contribution in [0, 0.1) is 13.8 Å². The van der Waals surface area contributed by atoms with Gasteiger partial charge < -0.3 is 5.73 Å². The van der Waals surface area contributed by atoms with Gasteiger partial charge in [-0.2, -0.15) is 9.78 Å². The third-order valence-corrected chi connectivity index (χ3v) is 3.70. The van der Waals surface area contributed by atoms with Crippen molar-refractivity contribution in [3.63, 3.8) is 0 Å². The molecule has 2 N–H and O–H groups in total. The Morgan fingerprint density at radius 1 is 1.16 bits per heavy atom. The molecule has 96 valence electrons. The lowest BCUT2D eigenvalue weighted by Crippen LogP contribution is -2.01. The average Bonchev–Trinajstić information content (AvgIpc) is 2.97. The number of nitrogen functional groups attached to an aromatic ring is 1. The Kier molecular flexibility index (Phi) is 2.83. The molecular weight excluding hydrogens is 256 g/mol. The number of nitrogens with zero attached hydrogens (tertiary/aromatic N) is 3. The maximum atomic E-state index is 5.91. The highest BCUT2D eigenvalue weighted by molar-refractivity contribution is 7.12. The molecule has 0 aliphatic heterocycles. The molecule has 0 bridgehead atoms. The van der Waals surface area contributed by atoms with E-state index in [1.807, 2.05) is 18.4 Å². The van der Waals surface area contributed by atoms with Crippen LogP contribution >= 0.6 is 11.3 Å². The lowest BCUT2D eigenvalue weighted by Gasteiger charge is -1.99. The molecule has 1 aromatic carbocycles. The number of benzene rings is 1. The Morgan fingerprint density at radius 2 is 1.89 bits per heavy atom. The molecule has 0 saturated carbocycles. The van der Waals surface area contributed by atoms with Gasteiger partial charge in [0.05, 0.1) is 11.4 Å². The zero-order chi connectivity index (χ0) is 13.4. The number of hydrogen-bond donors (Lipinski definition) is 1. The molecule has 0 unspecified atom stereocenters. The van der Waals surface area contributed by atoms with Crippen LogP contribution in [0.2, 0.25) is 0 Å². The van der Waals surface area contributed by atoms with Crippen LogP contribution in [0.1, 0.15) is 11.3 Å². The quantitative estimate of drug-likeness (QED) is 0.778. The van der Waals surface area contributed by atoms with Crippen LogP contribution in [0.15, 0.2) is 35.7 Å². The molecule has 5 heteroatoms. The summed E-state index contributed by atoms with van der Waals surface area (Å²) < 4.78 is 1.68. The number of aromatic nitrogens is 3. The van der Waals surface area contributed by atoms with Gasteiger partial charge in [-0.25, -0.2) is 4.98 Å². The second-order valence-electron chi connectivity index (χ2n) is 4.50. The summed E-state index contributed by atoms with van der Waals surface area (Å²) in [5, 5.41) is 7.16. The number of rotatable bonds is 2. The third-order valence-electron chi connectivity index (χ3n) is 2.88. The molecule has 19 heavy (non-hydrogen) atoms. The van der Waals surface area contributed by atoms with Crippen LogP contribution in [0.25, 0.3) is 16.4 Å². The standard InChI is InChI=1S/C14H14N4S/c1-9-3-5-11(6-4-9)12-8-19-14(16-12)18-13(15)7-10(2)17-18/h3-8H,15H2,1-2H3. The van der Waals surface area contributed by atoms with Gasteiger partial charge in [0, 0.05) is 17.0 Å². The lowest BCUT2D eigenvalue weighted by molar-refractivity contribution is 0.863. The van der Waals surface area contributed by atoms with Crippen molar-refractivity contribution in [3.8, 4) is 16.4 Å². The fourth-order valence-electron chi connectivity index (χ4n) is 1.89. The number of hydrogen-bond acceptors (Lipinski definition) is 4. The van der Waals surface area contributed by atoms with E-state index in [0.29, 0.717) is 5.82 Å². The number of aryl methyl sites for hydroxylation is 2. The van der Waals surface area contributed by atoms with Gasteiger partial charge in [0.15, 0.2) is 0 Å². The topological polar surface area (TPSA) is 56.7 Å². The fraction of sp³-hybridized carbons (Fsp3) is 0.143. The Bertz CT molecular complexity index is 709. The van der Waals surface area contributed by atoms with Gasteiger partial charge >= 0.3 is 0 Å². The minimum atomic E-state index is 0.613. The van der Waals surface area contributed by atoms with E-state index in [9.17, 15) is 0 Å². The molecular formula is C14H14N4S. The number of thiazole rings is 1. The molecule has 0 saturated heterocycles. The average molecular weight is 270 g/mol. The van der Waals surface area contributed by atoms with E-state index >= 15 is 0 Å². The van der Waals surface area contributed by atoms with Gasteiger partial charge in [0.1, 0.15) is 5.82 Å². The van der Waals surface area contributed by atoms with E-state index in [-0.39, 0.29) is 0 Å². The molecule has 2 heterocycles. The van der Waals surface area contributed by atoms with E-state index in [1.165, 1.54) is 16.9 Å². The van der Waals surface area contributed by atoms with Crippen molar-refractivity contribution in [2.75, 3.05) is 5.73 Å². The van der Waals surface area contributed by atoms with Crippen LogP contribution in [0.5, 0.6) is 0 Å². The first-order chi connectivity index (χ1) is 9.13. The molecule has 2 aromatic heterocycles. The van der Waals surface area contributed by atoms with Gasteiger partial charge in [0.2, 0.25) is 5.13 Å². The molecule has 0 radical (unpaired) electrons. The molecule has 0 aliphatic rings. The number of nitrogens with two attached hydrogens (primary N) is 1. The van der Waals surface area contributed by atoms with E-state index in [0.717, 1.165) is 22.1 Å². The third kappa shape index (κ3) is 2.24. The monoisotopic (exact) mass is 270 g/mol. The first-order valence-electron chi connectivity index (χ1n) is 5.98. The Morgan fingerprint density at radius 3 is 2.53 bits per heavy atom. The molecule has 3 aromatic rings. The van der Waals surface area contributed by atoms with Gasteiger partial charge in [0.25, 0.3) is 0 Å². The summed E-state index contributed by atoms with van der Waals surface area (Å²) in [4.78, 5) is 4.59. The molecule has 0 fully saturated rings. The van der Waals surface area contributed by atoms with E-state index in [4.69, 9.17) is 5.73 Å². The van der Waals surface area contributed by atoms with Crippen molar-refractivity contribution in [3.05, 3.63) is 47.0 Å². The molecule has 0 atom stereocenters. The van der Waals surface area contributed by atoms with Crippen LogP contribution in [-0.4, -0.2) is 14.8 Å². The summed E-state index contributed by atoms with van der Waals surface area (Å²) in [6, 6.07) is 10.2. The smallest absolute Gasteiger partial charge is 0.212 e. The Hall–Kier alpha value is -2.14. The van der Waals surface area contributed by atoms with Crippen molar-refractivity contribution >= 4 is 17.2 Å². The predicted octanol–water partition coefficient (Wildman–Crippen LogP) is 3.19. The first kappa shape index (κ1) is 11.9. The van der Waals surface area contributed by atoms with Crippen LogP contribution in [0.4, 0.5) is 5.82 Å².